The zero-order chi connectivity index (χ0) is 20.0. The predicted molar refractivity (Wildman–Crippen MR) is 103 cm³/mol. The standard InChI is InChI=1S/C17H22ClN5O4/c1-17(2,3)27-16(24)20-9-5-4-8-19-15-14(18)21-13-10-11(23(25)26)6-7-12(13)22-15/h6-7,10H,4-5,8-9H2,1-3H3,(H,19,22)(H,20,24). The molecule has 1 amide bonds. The maximum absolute atomic E-state index is 11.5. The lowest BCUT2D eigenvalue weighted by molar-refractivity contribution is -0.384. The molecule has 0 fully saturated rings. The van der Waals surface area contributed by atoms with Gasteiger partial charge in [-0.3, -0.25) is 10.1 Å². The minimum absolute atomic E-state index is 0.0638. The number of benzene rings is 1. The second-order valence-corrected chi connectivity index (χ2v) is 7.21. The van der Waals surface area contributed by atoms with E-state index in [1.165, 1.54) is 18.2 Å². The highest BCUT2D eigenvalue weighted by Gasteiger charge is 2.15. The number of non-ortho nitro benzene ring substituents is 1. The van der Waals surface area contributed by atoms with Crippen molar-refractivity contribution in [3.8, 4) is 0 Å². The minimum atomic E-state index is -0.516. The molecule has 0 spiro atoms. The number of halogens is 1. The number of nitrogens with zero attached hydrogens (tertiary/aromatic N) is 3. The van der Waals surface area contributed by atoms with E-state index in [0.29, 0.717) is 29.9 Å². The van der Waals surface area contributed by atoms with Gasteiger partial charge in [-0.2, -0.15) is 0 Å². The number of hydrogen-bond acceptors (Lipinski definition) is 7. The molecule has 0 saturated heterocycles. The number of nitro groups is 1. The zero-order valence-electron chi connectivity index (χ0n) is 15.4. The summed E-state index contributed by atoms with van der Waals surface area (Å²) in [6.07, 6.45) is 1.08. The maximum Gasteiger partial charge on any atom is 0.407 e. The molecule has 0 atom stereocenters. The Balaban J connectivity index is 1.81. The predicted octanol–water partition coefficient (Wildman–Crippen LogP) is 3.91. The molecule has 0 saturated carbocycles. The quantitative estimate of drug-likeness (QED) is 0.414. The van der Waals surface area contributed by atoms with Crippen LogP contribution in [0.5, 0.6) is 0 Å². The first-order valence-electron chi connectivity index (χ1n) is 8.48. The maximum atomic E-state index is 11.5. The van der Waals surface area contributed by atoms with E-state index in [-0.39, 0.29) is 10.8 Å². The van der Waals surface area contributed by atoms with E-state index in [2.05, 4.69) is 20.6 Å². The van der Waals surface area contributed by atoms with Gasteiger partial charge in [-0.05, 0) is 39.7 Å². The second kappa shape index (κ2) is 8.81. The molecule has 0 aliphatic carbocycles. The summed E-state index contributed by atoms with van der Waals surface area (Å²) in [6.45, 7) is 6.51. The summed E-state index contributed by atoms with van der Waals surface area (Å²) in [4.78, 5) is 30.3. The number of nitrogens with one attached hydrogen (secondary N) is 2. The molecular formula is C17H22ClN5O4. The molecule has 27 heavy (non-hydrogen) atoms. The van der Waals surface area contributed by atoms with Gasteiger partial charge in [-0.1, -0.05) is 11.6 Å². The Bertz CT molecular complexity index is 838. The number of rotatable bonds is 7. The number of unbranched alkanes of at least 4 members (excludes halogenated alkanes) is 1. The van der Waals surface area contributed by atoms with Crippen LogP contribution >= 0.6 is 11.6 Å². The minimum Gasteiger partial charge on any atom is -0.444 e. The Morgan fingerprint density at radius 1 is 1.22 bits per heavy atom. The van der Waals surface area contributed by atoms with Crippen LogP contribution in [0, 0.1) is 10.1 Å². The molecule has 1 aromatic heterocycles. The van der Waals surface area contributed by atoms with Crippen molar-refractivity contribution in [2.75, 3.05) is 18.4 Å². The molecule has 146 valence electrons. The molecule has 0 aliphatic heterocycles. The Morgan fingerprint density at radius 3 is 2.59 bits per heavy atom. The number of aromatic nitrogens is 2. The summed E-state index contributed by atoms with van der Waals surface area (Å²) in [5, 5.41) is 16.7. The van der Waals surface area contributed by atoms with Crippen LogP contribution in [0.15, 0.2) is 18.2 Å². The van der Waals surface area contributed by atoms with Crippen LogP contribution in [0.1, 0.15) is 33.6 Å². The number of anilines is 1. The number of carbonyl (C=O) groups is 1. The number of fused-ring (bicyclic) bond motifs is 1. The fraction of sp³-hybridized carbons (Fsp3) is 0.471. The number of amides is 1. The molecule has 0 radical (unpaired) electrons. The van der Waals surface area contributed by atoms with Crippen LogP contribution in [0.25, 0.3) is 11.0 Å². The largest absolute Gasteiger partial charge is 0.444 e. The van der Waals surface area contributed by atoms with Crippen LogP contribution < -0.4 is 10.6 Å². The summed E-state index contributed by atoms with van der Waals surface area (Å²) in [5.74, 6) is 0.415. The van der Waals surface area contributed by atoms with Gasteiger partial charge in [0.1, 0.15) is 5.60 Å². The lowest BCUT2D eigenvalue weighted by atomic mass is 10.2. The second-order valence-electron chi connectivity index (χ2n) is 6.86. The highest BCUT2D eigenvalue weighted by Crippen LogP contribution is 2.24. The van der Waals surface area contributed by atoms with E-state index in [0.717, 1.165) is 12.8 Å². The molecule has 2 aromatic rings. The van der Waals surface area contributed by atoms with E-state index in [9.17, 15) is 14.9 Å². The van der Waals surface area contributed by atoms with Crippen molar-refractivity contribution in [3.05, 3.63) is 33.5 Å². The van der Waals surface area contributed by atoms with Crippen molar-refractivity contribution >= 4 is 40.2 Å². The van der Waals surface area contributed by atoms with Gasteiger partial charge in [-0.25, -0.2) is 14.8 Å². The van der Waals surface area contributed by atoms with Crippen LogP contribution in [-0.2, 0) is 4.74 Å². The van der Waals surface area contributed by atoms with Crippen molar-refractivity contribution < 1.29 is 14.5 Å². The SMILES string of the molecule is CC(C)(C)OC(=O)NCCCCNc1nc2ccc([N+](=O)[O-])cc2nc1Cl. The molecule has 2 N–H and O–H groups in total. The monoisotopic (exact) mass is 395 g/mol. The number of alkyl carbamates (subject to hydrolysis) is 1. The smallest absolute Gasteiger partial charge is 0.407 e. The average molecular weight is 396 g/mol. The fourth-order valence-electron chi connectivity index (χ4n) is 2.21. The Kier molecular flexibility index (Phi) is 6.73. The highest BCUT2D eigenvalue weighted by molar-refractivity contribution is 6.32. The summed E-state index contributed by atoms with van der Waals surface area (Å²) in [5.41, 5.74) is 0.295. The Labute approximate surface area is 161 Å². The first kappa shape index (κ1) is 20.6. The van der Waals surface area contributed by atoms with E-state index in [4.69, 9.17) is 16.3 Å². The molecule has 1 aromatic carbocycles. The third-order valence-corrected chi connectivity index (χ3v) is 3.64. The molecule has 10 heteroatoms. The molecule has 1 heterocycles. The van der Waals surface area contributed by atoms with Crippen molar-refractivity contribution in [1.29, 1.82) is 0 Å². The van der Waals surface area contributed by atoms with Crippen LogP contribution in [0.2, 0.25) is 5.15 Å². The summed E-state index contributed by atoms with van der Waals surface area (Å²) >= 11 is 6.10. The lowest BCUT2D eigenvalue weighted by Gasteiger charge is -2.19. The van der Waals surface area contributed by atoms with Gasteiger partial charge in [0, 0.05) is 25.2 Å². The van der Waals surface area contributed by atoms with Crippen molar-refractivity contribution in [3.63, 3.8) is 0 Å². The van der Waals surface area contributed by atoms with E-state index in [1.54, 1.807) is 0 Å². The van der Waals surface area contributed by atoms with E-state index >= 15 is 0 Å². The highest BCUT2D eigenvalue weighted by atomic mass is 35.5. The van der Waals surface area contributed by atoms with E-state index in [1.807, 2.05) is 20.8 Å². The van der Waals surface area contributed by atoms with Crippen molar-refractivity contribution in [2.45, 2.75) is 39.2 Å². The Morgan fingerprint density at radius 2 is 1.93 bits per heavy atom. The normalized spacial score (nSPS) is 11.3. The van der Waals surface area contributed by atoms with Crippen LogP contribution in [0.3, 0.4) is 0 Å². The number of hydrogen-bond donors (Lipinski definition) is 2. The van der Waals surface area contributed by atoms with E-state index < -0.39 is 16.6 Å². The summed E-state index contributed by atoms with van der Waals surface area (Å²) < 4.78 is 5.15. The van der Waals surface area contributed by atoms with Gasteiger partial charge in [0.2, 0.25) is 0 Å². The topological polar surface area (TPSA) is 119 Å². The molecule has 9 nitrogen and oxygen atoms in total. The van der Waals surface area contributed by atoms with Gasteiger partial charge in [0.05, 0.1) is 16.0 Å². The van der Waals surface area contributed by atoms with Gasteiger partial charge in [-0.15, -0.1) is 0 Å². The van der Waals surface area contributed by atoms with Gasteiger partial charge >= 0.3 is 6.09 Å². The van der Waals surface area contributed by atoms with Crippen LogP contribution in [-0.4, -0.2) is 39.7 Å². The van der Waals surface area contributed by atoms with Gasteiger partial charge in [0.15, 0.2) is 11.0 Å². The first-order valence-corrected chi connectivity index (χ1v) is 8.86. The zero-order valence-corrected chi connectivity index (χ0v) is 16.2. The third kappa shape index (κ3) is 6.52. The summed E-state index contributed by atoms with van der Waals surface area (Å²) in [7, 11) is 0. The third-order valence-electron chi connectivity index (χ3n) is 3.38. The van der Waals surface area contributed by atoms with Gasteiger partial charge in [0.25, 0.3) is 5.69 Å². The first-order chi connectivity index (χ1) is 12.7. The number of ether oxygens (including phenoxy) is 1. The average Bonchev–Trinajstić information content (AvgIpc) is 2.56. The number of nitro benzene ring substituents is 1. The van der Waals surface area contributed by atoms with Crippen molar-refractivity contribution in [2.24, 2.45) is 0 Å². The van der Waals surface area contributed by atoms with Crippen molar-refractivity contribution in [1.82, 2.24) is 15.3 Å². The molecular weight excluding hydrogens is 374 g/mol. The molecule has 0 unspecified atom stereocenters. The number of carbonyl (C=O) groups excluding carboxylic acids is 1. The molecule has 0 bridgehead atoms. The Hall–Kier alpha value is -2.68. The molecule has 0 aliphatic rings. The summed E-state index contributed by atoms with van der Waals surface area (Å²) in [6, 6.07) is 4.24. The van der Waals surface area contributed by atoms with Crippen LogP contribution in [0.4, 0.5) is 16.3 Å². The lowest BCUT2D eigenvalue weighted by Crippen LogP contribution is -2.33. The molecule has 2 rings (SSSR count). The fourth-order valence-corrected chi connectivity index (χ4v) is 2.41. The van der Waals surface area contributed by atoms with Gasteiger partial charge < -0.3 is 15.4 Å².